The van der Waals surface area contributed by atoms with Gasteiger partial charge in [-0.2, -0.15) is 0 Å². The van der Waals surface area contributed by atoms with Crippen LogP contribution < -0.4 is 14.5 Å². The molecule has 4 aliphatic heterocycles. The van der Waals surface area contributed by atoms with Crippen LogP contribution in [0.1, 0.15) is 77.3 Å². The van der Waals surface area contributed by atoms with Gasteiger partial charge in [0.1, 0.15) is 36.5 Å². The van der Waals surface area contributed by atoms with E-state index in [1.54, 1.807) is 65.8 Å². The number of aromatic nitrogens is 2. The van der Waals surface area contributed by atoms with Gasteiger partial charge in [0.25, 0.3) is 5.69 Å². The van der Waals surface area contributed by atoms with Crippen molar-refractivity contribution in [3.05, 3.63) is 201 Å². The van der Waals surface area contributed by atoms with E-state index in [4.69, 9.17) is 14.2 Å². The molecule has 3 saturated heterocycles. The second-order valence-corrected chi connectivity index (χ2v) is 19.3. The third kappa shape index (κ3) is 8.98. The zero-order chi connectivity index (χ0) is 52.3. The number of aliphatic hydroxyl groups excluding tert-OH is 1. The van der Waals surface area contributed by atoms with E-state index in [9.17, 15) is 15.2 Å². The van der Waals surface area contributed by atoms with Crippen molar-refractivity contribution in [1.29, 1.82) is 0 Å². The van der Waals surface area contributed by atoms with Crippen LogP contribution in [-0.4, -0.2) is 99.1 Å². The van der Waals surface area contributed by atoms with Crippen LogP contribution in [0, 0.1) is 27.9 Å². The number of carbonyl (C=O) groups is 4. The van der Waals surface area contributed by atoms with Crippen LogP contribution in [-0.2, 0) is 35.9 Å². The third-order valence-corrected chi connectivity index (χ3v) is 15.1. The van der Waals surface area contributed by atoms with Crippen molar-refractivity contribution in [2.45, 2.75) is 61.9 Å². The molecule has 1 N–H and O–H groups in total. The van der Waals surface area contributed by atoms with Crippen molar-refractivity contribution in [3.63, 3.8) is 0 Å². The summed E-state index contributed by atoms with van der Waals surface area (Å²) in [7, 11) is 0. The number of benzene rings is 5. The summed E-state index contributed by atoms with van der Waals surface area (Å²) in [6.45, 7) is 0.167. The molecule has 1 spiro atoms. The summed E-state index contributed by atoms with van der Waals surface area (Å²) in [5.41, 5.74) is 1.78. The lowest BCUT2D eigenvalue weighted by Gasteiger charge is -2.46. The van der Waals surface area contributed by atoms with Crippen LogP contribution in [0.4, 0.5) is 22.1 Å². The van der Waals surface area contributed by atoms with E-state index in [0.717, 1.165) is 41.7 Å². The molecule has 0 radical (unpaired) electrons. The minimum atomic E-state index is -2.14. The molecule has 1 aliphatic carbocycles. The molecule has 6 atom stereocenters. The lowest BCUT2D eigenvalue weighted by molar-refractivity contribution is -0.384. The number of nitrogens with zero attached hydrogens (tertiary/aromatic N) is 7. The zero-order valence-electron chi connectivity index (χ0n) is 41.4. The molecule has 5 aliphatic rings. The molecule has 6 unspecified atom stereocenters. The topological polar surface area (TPSA) is 198 Å². The molecule has 3 amide bonds. The Morgan fingerprint density at radius 3 is 2.22 bits per heavy atom. The minimum Gasteiger partial charge on any atom is -0.491 e. The number of para-hydroxylation sites is 1. The average molecular weight is 1020 g/mol. The summed E-state index contributed by atoms with van der Waals surface area (Å²) < 4.78 is 19.0. The number of fused-ring (bicyclic) bond motifs is 3. The Balaban J connectivity index is 1.16. The largest absolute Gasteiger partial charge is 0.491 e. The molecule has 11 rings (SSSR count). The van der Waals surface area contributed by atoms with Gasteiger partial charge in [-0.1, -0.05) is 96.8 Å². The highest BCUT2D eigenvalue weighted by Crippen LogP contribution is 2.67. The van der Waals surface area contributed by atoms with Crippen molar-refractivity contribution < 1.29 is 43.4 Å². The predicted octanol–water partition coefficient (Wildman–Crippen LogP) is 7.96. The predicted molar refractivity (Wildman–Crippen MR) is 278 cm³/mol. The molecular formula is C59H53N7O10. The quantitative estimate of drug-likeness (QED) is 0.0568. The van der Waals surface area contributed by atoms with E-state index < -0.39 is 64.4 Å². The van der Waals surface area contributed by atoms with Crippen molar-refractivity contribution >= 4 is 41.2 Å². The first-order chi connectivity index (χ1) is 37.2. The molecule has 3 fully saturated rings. The smallest absolute Gasteiger partial charge is 0.421 e. The van der Waals surface area contributed by atoms with Gasteiger partial charge >= 0.3 is 12.1 Å². The molecule has 5 aromatic carbocycles. The van der Waals surface area contributed by atoms with Crippen LogP contribution in [0.5, 0.6) is 5.75 Å². The fraction of sp³-hybridized carbons (Fsp3) is 0.288. The third-order valence-electron chi connectivity index (χ3n) is 15.1. The van der Waals surface area contributed by atoms with Gasteiger partial charge in [0.05, 0.1) is 35.2 Å². The van der Waals surface area contributed by atoms with Crippen molar-refractivity contribution in [2.75, 3.05) is 49.2 Å². The van der Waals surface area contributed by atoms with Crippen molar-refractivity contribution in [2.24, 2.45) is 5.92 Å². The summed E-state index contributed by atoms with van der Waals surface area (Å²) >= 11 is 0. The number of esters is 1. The number of hydrogen-bond acceptors (Lipinski definition) is 14. The van der Waals surface area contributed by atoms with E-state index in [1.807, 2.05) is 70.5 Å². The lowest BCUT2D eigenvalue weighted by Crippen LogP contribution is -2.59. The number of carbonyl (C=O) groups excluding carboxylic acids is 4. The van der Waals surface area contributed by atoms with Crippen molar-refractivity contribution in [1.82, 2.24) is 19.8 Å². The molecule has 6 aromatic rings. The number of nitro benzene ring substituents is 1. The molecule has 17 heteroatoms. The number of amides is 3. The molecule has 0 saturated carbocycles. The first-order valence-electron chi connectivity index (χ1n) is 25.5. The van der Waals surface area contributed by atoms with Gasteiger partial charge in [-0.25, -0.2) is 19.7 Å². The monoisotopic (exact) mass is 1020 g/mol. The summed E-state index contributed by atoms with van der Waals surface area (Å²) in [4.78, 5) is 90.6. The van der Waals surface area contributed by atoms with E-state index >= 15 is 19.2 Å². The Kier molecular flexibility index (Phi) is 13.8. The maximum atomic E-state index is 16.9. The Labute approximate surface area is 438 Å². The van der Waals surface area contributed by atoms with E-state index in [1.165, 1.54) is 24.3 Å². The lowest BCUT2D eigenvalue weighted by atomic mass is 9.64. The Bertz CT molecular complexity index is 3270. The van der Waals surface area contributed by atoms with Crippen LogP contribution in [0.15, 0.2) is 158 Å². The maximum Gasteiger partial charge on any atom is 0.421 e. The van der Waals surface area contributed by atoms with Gasteiger partial charge in [0.2, 0.25) is 17.8 Å². The highest BCUT2D eigenvalue weighted by Gasteiger charge is 2.76. The number of ether oxygens (including phenoxy) is 3. The first-order valence-corrected chi connectivity index (χ1v) is 25.5. The van der Waals surface area contributed by atoms with Crippen LogP contribution in [0.2, 0.25) is 0 Å². The van der Waals surface area contributed by atoms with Crippen LogP contribution in [0.3, 0.4) is 0 Å². The molecule has 5 heterocycles. The fourth-order valence-electron chi connectivity index (χ4n) is 11.7. The summed E-state index contributed by atoms with van der Waals surface area (Å²) in [5, 5.41) is 21.7. The van der Waals surface area contributed by atoms with E-state index in [-0.39, 0.29) is 55.6 Å². The number of hydrogen-bond donors (Lipinski definition) is 1. The number of allylic oxidation sites excluding steroid dienone is 2. The summed E-state index contributed by atoms with van der Waals surface area (Å²) in [6.07, 6.45) is 7.15. The van der Waals surface area contributed by atoms with Crippen molar-refractivity contribution in [3.8, 4) is 17.6 Å². The number of cyclic esters (lactones) is 1. The molecular weight excluding hydrogens is 967 g/mol. The summed E-state index contributed by atoms with van der Waals surface area (Å²) in [6, 6.07) is 34.7. The number of piperazine rings is 1. The molecule has 1 aromatic heterocycles. The number of morpholine rings is 1. The van der Waals surface area contributed by atoms with Crippen LogP contribution in [0.25, 0.3) is 0 Å². The SMILES string of the molecule is O=C1OC(c2ccccc2)C(c2ccccc2)N2C1C(C(=O)N1CCN(c3ncccn3)CC1)C1(C(=O)N(C(=O)OCc3ccc([N+](=O)[O-])cc3)c3ccc(C#CC4=CCCCC4)cc31)C2c1ccccc1OCCO. The number of anilines is 2. The number of nitro groups is 1. The van der Waals surface area contributed by atoms with Gasteiger partial charge in [-0.05, 0) is 96.0 Å². The Morgan fingerprint density at radius 2 is 1.53 bits per heavy atom. The molecule has 0 bridgehead atoms. The van der Waals surface area contributed by atoms with Gasteiger partial charge < -0.3 is 29.1 Å². The standard InChI is InChI=1S/C59H53N7O10/c67-35-36-74-48-20-11-10-19-45(48)53-59(46-37-40(22-21-39-13-4-1-5-14-39)25-28-47(46)64(56(59)70)58(71)75-38-41-23-26-44(27-24-41)66(72)73)49(54(68)62-31-33-63(34-32-62)57-60-29-12-30-61-57)51-55(69)76-52(43-17-8-3-9-18-43)50(65(51)53)42-15-6-2-7-16-42/h2-3,6-13,15-20,23-30,37,49-53,67H,1,4-5,14,31-36,38H2. The molecule has 76 heavy (non-hydrogen) atoms. The summed E-state index contributed by atoms with van der Waals surface area (Å²) in [5.74, 6) is 3.79. The van der Waals surface area contributed by atoms with Crippen LogP contribution >= 0.6 is 0 Å². The van der Waals surface area contributed by atoms with Gasteiger partial charge in [-0.15, -0.1) is 0 Å². The maximum absolute atomic E-state index is 16.9. The molecule has 384 valence electrons. The number of rotatable bonds is 11. The Hall–Kier alpha value is -8.72. The van der Waals surface area contributed by atoms with E-state index in [0.29, 0.717) is 41.3 Å². The van der Waals surface area contributed by atoms with Gasteiger partial charge in [0.15, 0.2) is 0 Å². The second-order valence-electron chi connectivity index (χ2n) is 19.3. The van der Waals surface area contributed by atoms with Gasteiger partial charge in [0, 0.05) is 61.8 Å². The normalized spacial score (nSPS) is 22.9. The minimum absolute atomic E-state index is 0.118. The van der Waals surface area contributed by atoms with E-state index in [2.05, 4.69) is 27.9 Å². The molecule has 17 nitrogen and oxygen atoms in total. The second kappa shape index (κ2) is 21.3. The number of imide groups is 1. The highest BCUT2D eigenvalue weighted by molar-refractivity contribution is 6.23. The fourth-order valence-corrected chi connectivity index (χ4v) is 11.7. The average Bonchev–Trinajstić information content (AvgIpc) is 4.01. The zero-order valence-corrected chi connectivity index (χ0v) is 41.4. The Morgan fingerprint density at radius 1 is 0.816 bits per heavy atom. The number of non-ortho nitro benzene ring substituents is 1. The number of aliphatic hydroxyl groups is 1. The highest BCUT2D eigenvalue weighted by atomic mass is 16.6. The van der Waals surface area contributed by atoms with Gasteiger partial charge in [-0.3, -0.25) is 29.4 Å². The first kappa shape index (κ1) is 49.5.